The molecule has 2 aliphatic rings. The number of carboxylic acids is 1. The minimum absolute atomic E-state index is 0.00414. The summed E-state index contributed by atoms with van der Waals surface area (Å²) in [6, 6.07) is 11.8. The first-order chi connectivity index (χ1) is 63.5. The van der Waals surface area contributed by atoms with Crippen molar-refractivity contribution in [2.75, 3.05) is 37.7 Å². The van der Waals surface area contributed by atoms with E-state index < -0.39 is 168 Å². The maximum Gasteiger partial charge on any atom is 0.303 e. The second-order valence-corrected chi connectivity index (χ2v) is 37.8. The molecule has 19 N–H and O–H groups in total. The van der Waals surface area contributed by atoms with Gasteiger partial charge in [-0.25, -0.2) is 4.98 Å². The predicted molar refractivity (Wildman–Crippen MR) is 509 cm³/mol. The Morgan fingerprint density at radius 3 is 1.61 bits per heavy atom. The fraction of sp³-hybridized carbons (Fsp3) is 0.625. The van der Waals surface area contributed by atoms with Gasteiger partial charge in [-0.1, -0.05) is 237 Å². The number of carboxylic acid groups (broad SMARTS) is 1. The Morgan fingerprint density at radius 2 is 1.05 bits per heavy atom. The van der Waals surface area contributed by atoms with E-state index in [0.717, 1.165) is 59.3 Å². The molecule has 730 valence electrons. The lowest BCUT2D eigenvalue weighted by Crippen LogP contribution is -2.62. The zero-order valence-corrected chi connectivity index (χ0v) is 79.6. The van der Waals surface area contributed by atoms with Crippen molar-refractivity contribution >= 4 is 110 Å². The molecule has 0 unspecified atom stereocenters. The molecule has 34 nitrogen and oxygen atoms in total. The van der Waals surface area contributed by atoms with Crippen molar-refractivity contribution < 1.29 is 82.1 Å². The zero-order chi connectivity index (χ0) is 96.1. The van der Waals surface area contributed by atoms with E-state index in [0.29, 0.717) is 74.9 Å². The number of aromatic amines is 1. The normalized spacial score (nSPS) is 17.3. The molecule has 14 amide bonds. The summed E-state index contributed by atoms with van der Waals surface area (Å²) in [5.74, 6) is -12.5. The molecule has 3 heterocycles. The Hall–Kier alpha value is -10.5. The number of rotatable bonds is 62. The largest absolute Gasteiger partial charge is 0.481 e. The van der Waals surface area contributed by atoms with Gasteiger partial charge in [0, 0.05) is 93.5 Å². The van der Waals surface area contributed by atoms with E-state index in [1.807, 2.05) is 19.1 Å². The van der Waals surface area contributed by atoms with Crippen LogP contribution < -0.4 is 75.3 Å². The van der Waals surface area contributed by atoms with Crippen molar-refractivity contribution in [1.82, 2.24) is 78.7 Å². The topological polar surface area (TPSA) is 525 Å². The summed E-state index contributed by atoms with van der Waals surface area (Å²) in [4.78, 5) is 220. The first kappa shape index (κ1) is 110. The number of benzene rings is 3. The summed E-state index contributed by atoms with van der Waals surface area (Å²) in [5.41, 5.74) is 13.7. The van der Waals surface area contributed by atoms with Gasteiger partial charge < -0.3 is 95.4 Å². The highest BCUT2D eigenvalue weighted by Crippen LogP contribution is 2.33. The van der Waals surface area contributed by atoms with Crippen molar-refractivity contribution in [1.29, 1.82) is 0 Å². The van der Waals surface area contributed by atoms with Crippen LogP contribution in [-0.2, 0) is 84.8 Å². The molecule has 0 radical (unpaired) electrons. The van der Waals surface area contributed by atoms with Gasteiger partial charge in [0.25, 0.3) is 0 Å². The zero-order valence-electron chi connectivity index (χ0n) is 77.9. The maximum absolute atomic E-state index is 16.0. The van der Waals surface area contributed by atoms with Gasteiger partial charge in [-0.15, -0.1) is 0 Å². The van der Waals surface area contributed by atoms with Crippen LogP contribution in [0.15, 0.2) is 104 Å². The number of aromatic nitrogens is 2. The number of primary amides is 1. The van der Waals surface area contributed by atoms with Crippen LogP contribution >= 0.6 is 21.6 Å². The van der Waals surface area contributed by atoms with Crippen LogP contribution in [0.25, 0.3) is 0 Å². The van der Waals surface area contributed by atoms with Crippen molar-refractivity contribution in [2.24, 2.45) is 23.3 Å². The fourth-order valence-electron chi connectivity index (χ4n) is 16.1. The number of nitrogens with zero attached hydrogens (tertiary/aromatic N) is 2. The second-order valence-electron chi connectivity index (χ2n) is 35.2. The van der Waals surface area contributed by atoms with Gasteiger partial charge in [-0.05, 0) is 125 Å². The molecule has 0 aliphatic carbocycles. The number of hydrogen-bond acceptors (Lipinski definition) is 20. The number of hydrogen-bond donors (Lipinski definition) is 17. The average molecular weight is 1880 g/mol. The highest BCUT2D eigenvalue weighted by Gasteiger charge is 2.45. The lowest BCUT2D eigenvalue weighted by Gasteiger charge is -2.35. The van der Waals surface area contributed by atoms with Gasteiger partial charge in [-0.2, -0.15) is 0 Å². The molecule has 0 saturated carbocycles. The number of nitrogens with one attached hydrogen (secondary N) is 13. The lowest BCUT2D eigenvalue weighted by molar-refractivity contribution is -0.143. The minimum atomic E-state index is -1.79. The van der Waals surface area contributed by atoms with Crippen molar-refractivity contribution in [3.8, 4) is 0 Å². The van der Waals surface area contributed by atoms with E-state index in [4.69, 9.17) is 11.5 Å². The van der Waals surface area contributed by atoms with Crippen molar-refractivity contribution in [3.05, 3.63) is 126 Å². The molecule has 36 heteroatoms. The third kappa shape index (κ3) is 41.4. The monoisotopic (exact) mass is 1870 g/mol. The van der Waals surface area contributed by atoms with Gasteiger partial charge >= 0.3 is 5.97 Å². The molecule has 13 atom stereocenters. The molecule has 0 spiro atoms. The number of unbranched alkanes of at least 4 members (excludes halogenated alkanes) is 16. The third-order valence-electron chi connectivity index (χ3n) is 23.7. The van der Waals surface area contributed by atoms with E-state index in [-0.39, 0.29) is 107 Å². The number of imidazole rings is 1. The number of likely N-dealkylation sites (tertiary alicyclic amines) is 1. The number of aliphatic hydroxyl groups excluding tert-OH is 1. The highest BCUT2D eigenvalue weighted by molar-refractivity contribution is 8.76. The number of nitrogens with two attached hydrogens (primary N) is 2. The van der Waals surface area contributed by atoms with Crippen LogP contribution in [0.3, 0.4) is 0 Å². The summed E-state index contributed by atoms with van der Waals surface area (Å²) >= 11 is 0. The summed E-state index contributed by atoms with van der Waals surface area (Å²) < 4.78 is 0. The van der Waals surface area contributed by atoms with E-state index >= 15 is 14.4 Å². The molecule has 2 saturated heterocycles. The third-order valence-corrected chi connectivity index (χ3v) is 26.2. The second kappa shape index (κ2) is 62.1. The first-order valence-electron chi connectivity index (χ1n) is 47.6. The summed E-state index contributed by atoms with van der Waals surface area (Å²) in [6.07, 6.45) is 21.5. The Bertz CT molecular complexity index is 4180. The molecule has 3 aromatic carbocycles. The number of aliphatic hydroxyl groups is 1. The lowest BCUT2D eigenvalue weighted by atomic mass is 9.84. The standard InChI is InChI=1S/C96H147N17O17S2/c1-7-9-10-11-12-13-14-15-16-17-18-19-30-47-78(115)100-52-35-23-31-48-79(116)101-53-36-33-45-72(88(122)106-71(87(98)121)44-32-34-51-97)104-81(118)58-69(56-66-38-24-20-25-39-66)103-91(125)75-60-131-132-61-76(92(126)110-84(64(5)8-2)94(128)109-75)108-93(127)77-46-37-54-113(77)96(130)86(83(67-40-26-21-27-41-67)68-42-28-22-29-43-68)112-90(124)74(57-70-59-99-62-102-70)107-95(129)85(65(6)114)111-89(123)73(49-50-82(119)120)105-80(117)55-63(3)4/h20-22,24-29,38-43,59,62-65,69,71-77,83-86,114H,7-19,23,30-37,44-58,60-61,97H2,1-6H3,(H2,98,121)(H,99,102)(H,100,115)(H,101,116)(H,103,125)(H,104,118)(H,105,117)(H,106,122)(H,107,129)(H,108,127)(H,109,128)(H,110,126)(H,111,123)(H,112,124)(H,119,120)/t64-,65+,69-,71+,72-,73-,74-,75-,76-,77-,84-,85-,86-/m0/s1. The minimum Gasteiger partial charge on any atom is -0.481 e. The van der Waals surface area contributed by atoms with Gasteiger partial charge in [0.05, 0.1) is 12.4 Å². The number of carbonyl (C=O) groups excluding carboxylic acids is 14. The van der Waals surface area contributed by atoms with Crippen LogP contribution in [0, 0.1) is 11.8 Å². The van der Waals surface area contributed by atoms with Crippen LogP contribution in [0.4, 0.5) is 0 Å². The Balaban J connectivity index is 1.14. The van der Waals surface area contributed by atoms with Crippen molar-refractivity contribution in [2.45, 2.75) is 332 Å². The van der Waals surface area contributed by atoms with Gasteiger partial charge in [0.2, 0.25) is 82.7 Å². The molecule has 1 aromatic heterocycles. The Labute approximate surface area is 785 Å². The molecule has 6 rings (SSSR count). The number of amides is 14. The number of H-pyrrole nitrogens is 1. The van der Waals surface area contributed by atoms with Crippen LogP contribution in [0.2, 0.25) is 0 Å². The Morgan fingerprint density at radius 1 is 0.530 bits per heavy atom. The molecule has 0 bridgehead atoms. The first-order valence-corrected chi connectivity index (χ1v) is 50.1. The van der Waals surface area contributed by atoms with Gasteiger partial charge in [-0.3, -0.25) is 71.9 Å². The SMILES string of the molecule is CCCCCCCCCCCCCCCC(=O)NCCCCCC(=O)NCCCC[C@H](NC(=O)C[C@H](Cc1ccccc1)NC(=O)[C@@H]1CSSC[C@H](NC(=O)[C@@H]2CCCN2C(=O)[C@@H](NC(=O)[C@H](Cc2cnc[nH]2)NC(=O)[C@@H](NC(=O)[C@H](CCC(=O)O)NC(=O)CC(C)C)[C@@H](C)O)C(c2ccccc2)c2ccccc2)C(=O)N[C@@H]([C@@H](C)CC)C(=O)N1)C(=O)N[C@H](CCCCN)C(N)=O. The summed E-state index contributed by atoms with van der Waals surface area (Å²) in [6.45, 7) is 11.7. The maximum atomic E-state index is 16.0. The quantitative estimate of drug-likeness (QED) is 0.0155. The fourth-order valence-corrected chi connectivity index (χ4v) is 18.4. The Kier molecular flexibility index (Phi) is 51.9. The van der Waals surface area contributed by atoms with Gasteiger partial charge in [0.1, 0.15) is 60.4 Å². The molecular weight excluding hydrogens is 1730 g/mol. The van der Waals surface area contributed by atoms with Crippen LogP contribution in [0.1, 0.15) is 269 Å². The highest BCUT2D eigenvalue weighted by atomic mass is 33.1. The van der Waals surface area contributed by atoms with Crippen LogP contribution in [0.5, 0.6) is 0 Å². The number of aliphatic carboxylic acids is 1. The molecule has 2 aliphatic heterocycles. The van der Waals surface area contributed by atoms with E-state index in [9.17, 15) is 67.7 Å². The van der Waals surface area contributed by atoms with E-state index in [1.54, 1.807) is 99.6 Å². The van der Waals surface area contributed by atoms with E-state index in [2.05, 4.69) is 80.7 Å². The molecule has 4 aromatic rings. The van der Waals surface area contributed by atoms with Crippen molar-refractivity contribution in [3.63, 3.8) is 0 Å². The van der Waals surface area contributed by atoms with Crippen LogP contribution in [-0.4, -0.2) is 224 Å². The summed E-state index contributed by atoms with van der Waals surface area (Å²) in [5, 5.41) is 54.3. The molecular formula is C96H147N17O17S2. The number of carbonyl (C=O) groups is 15. The summed E-state index contributed by atoms with van der Waals surface area (Å²) in [7, 11) is 2.24. The van der Waals surface area contributed by atoms with Gasteiger partial charge in [0.15, 0.2) is 0 Å². The average Bonchev–Trinajstić information content (AvgIpc) is 1.73. The smallest absolute Gasteiger partial charge is 0.303 e. The van der Waals surface area contributed by atoms with E-state index in [1.165, 1.54) is 88.6 Å². The molecule has 2 fully saturated rings. The molecule has 132 heavy (non-hydrogen) atoms. The predicted octanol–water partition coefficient (Wildman–Crippen LogP) is 7.05.